The molecular weight excluding hydrogens is 349 g/mol. The highest BCUT2D eigenvalue weighted by molar-refractivity contribution is 7.90. The zero-order valence-electron chi connectivity index (χ0n) is 14.9. The van der Waals surface area contributed by atoms with Gasteiger partial charge < -0.3 is 9.05 Å². The molecule has 0 amide bonds. The summed E-state index contributed by atoms with van der Waals surface area (Å²) in [5.41, 5.74) is 0. The molecule has 0 spiro atoms. The van der Waals surface area contributed by atoms with Crippen molar-refractivity contribution >= 4 is 22.9 Å². The van der Waals surface area contributed by atoms with Crippen LogP contribution in [0.2, 0.25) is 0 Å². The highest BCUT2D eigenvalue weighted by Crippen LogP contribution is 2.48. The lowest BCUT2D eigenvalue weighted by Crippen LogP contribution is -2.35. The van der Waals surface area contributed by atoms with Crippen LogP contribution in [0.5, 0.6) is 0 Å². The smallest absolute Gasteiger partial charge is 0.305 e. The first kappa shape index (κ1) is 21.3. The topological polar surface area (TPSA) is 72.9 Å². The lowest BCUT2D eigenvalue weighted by Gasteiger charge is -2.25. The van der Waals surface area contributed by atoms with Crippen LogP contribution in [-0.2, 0) is 23.6 Å². The van der Waals surface area contributed by atoms with Gasteiger partial charge in [-0.05, 0) is 38.8 Å². The summed E-state index contributed by atoms with van der Waals surface area (Å²) in [6.07, 6.45) is 1.41. The van der Waals surface area contributed by atoms with Gasteiger partial charge in [-0.15, -0.1) is 0 Å². The second-order valence-electron chi connectivity index (χ2n) is 5.20. The fraction of sp³-hybridized carbons (Fsp3) is 0.625. The minimum Gasteiger partial charge on any atom is -0.305 e. The summed E-state index contributed by atoms with van der Waals surface area (Å²) < 4.78 is 51.4. The molecule has 0 bridgehead atoms. The molecule has 0 saturated carbocycles. The van der Waals surface area contributed by atoms with E-state index in [4.69, 9.17) is 9.05 Å². The molecule has 24 heavy (non-hydrogen) atoms. The molecule has 1 aromatic carbocycles. The second kappa shape index (κ2) is 9.68. The molecule has 0 N–H and O–H groups in total. The first-order valence-electron chi connectivity index (χ1n) is 8.36. The lowest BCUT2D eigenvalue weighted by molar-refractivity contribution is 0.229. The molecule has 0 fully saturated rings. The van der Waals surface area contributed by atoms with Gasteiger partial charge in [0, 0.05) is 13.1 Å². The van der Waals surface area contributed by atoms with Gasteiger partial charge in [-0.3, -0.25) is 4.57 Å². The summed E-state index contributed by atoms with van der Waals surface area (Å²) in [6.45, 7) is 8.41. The van der Waals surface area contributed by atoms with E-state index in [0.717, 1.165) is 0 Å². The molecular formula is C16H28NO5PS. The highest BCUT2D eigenvalue weighted by Gasteiger charge is 2.35. The van der Waals surface area contributed by atoms with Crippen LogP contribution in [0.3, 0.4) is 0 Å². The van der Waals surface area contributed by atoms with Crippen LogP contribution in [0, 0.1) is 0 Å². The standard InChI is InChI=1S/C16H28NO5PS/c1-5-13-17(14-6-2)24(19,20)16-12-10-9-11-15(16)23(18,21-7-3)22-8-4/h9-12H,5-8,13-14H2,1-4H3. The Morgan fingerprint density at radius 3 is 1.92 bits per heavy atom. The van der Waals surface area contributed by atoms with Gasteiger partial charge in [0.05, 0.1) is 23.4 Å². The fourth-order valence-electron chi connectivity index (χ4n) is 2.41. The van der Waals surface area contributed by atoms with Crippen LogP contribution in [0.1, 0.15) is 40.5 Å². The van der Waals surface area contributed by atoms with E-state index in [9.17, 15) is 13.0 Å². The van der Waals surface area contributed by atoms with Gasteiger partial charge in [-0.25, -0.2) is 8.42 Å². The lowest BCUT2D eigenvalue weighted by atomic mass is 10.4. The van der Waals surface area contributed by atoms with Gasteiger partial charge in [-0.2, -0.15) is 4.31 Å². The first-order chi connectivity index (χ1) is 11.4. The van der Waals surface area contributed by atoms with E-state index in [1.165, 1.54) is 16.4 Å². The summed E-state index contributed by atoms with van der Waals surface area (Å²) in [5.74, 6) is 0. The van der Waals surface area contributed by atoms with E-state index in [1.54, 1.807) is 26.0 Å². The average Bonchev–Trinajstić information content (AvgIpc) is 2.55. The first-order valence-corrected chi connectivity index (χ1v) is 11.3. The van der Waals surface area contributed by atoms with Gasteiger partial charge in [0.25, 0.3) is 0 Å². The molecule has 138 valence electrons. The van der Waals surface area contributed by atoms with E-state index in [-0.39, 0.29) is 23.4 Å². The highest BCUT2D eigenvalue weighted by atomic mass is 32.2. The maximum Gasteiger partial charge on any atom is 0.362 e. The van der Waals surface area contributed by atoms with E-state index >= 15 is 0 Å². The van der Waals surface area contributed by atoms with Crippen LogP contribution in [0.15, 0.2) is 29.2 Å². The van der Waals surface area contributed by atoms with Crippen LogP contribution in [-0.4, -0.2) is 39.0 Å². The monoisotopic (exact) mass is 377 g/mol. The molecule has 0 radical (unpaired) electrons. The van der Waals surface area contributed by atoms with Gasteiger partial charge >= 0.3 is 7.60 Å². The van der Waals surface area contributed by atoms with Crippen molar-refractivity contribution in [2.75, 3.05) is 26.3 Å². The molecule has 0 aromatic heterocycles. The largest absolute Gasteiger partial charge is 0.362 e. The van der Waals surface area contributed by atoms with Gasteiger partial charge in [-0.1, -0.05) is 26.0 Å². The molecule has 0 aliphatic heterocycles. The Bertz CT molecular complexity index is 646. The van der Waals surface area contributed by atoms with Crippen molar-refractivity contribution in [2.45, 2.75) is 45.4 Å². The molecule has 0 heterocycles. The minimum atomic E-state index is -3.77. The molecule has 0 aliphatic carbocycles. The molecule has 0 unspecified atom stereocenters. The Balaban J connectivity index is 3.47. The summed E-state index contributed by atoms with van der Waals surface area (Å²) in [4.78, 5) is -0.00265. The van der Waals surface area contributed by atoms with Crippen LogP contribution >= 0.6 is 7.60 Å². The summed E-state index contributed by atoms with van der Waals surface area (Å²) in [5, 5.41) is 0.103. The van der Waals surface area contributed by atoms with E-state index in [1.807, 2.05) is 13.8 Å². The molecule has 1 aromatic rings. The van der Waals surface area contributed by atoms with Crippen molar-refractivity contribution in [1.82, 2.24) is 4.31 Å². The van der Waals surface area contributed by atoms with Crippen LogP contribution in [0.4, 0.5) is 0 Å². The molecule has 0 atom stereocenters. The fourth-order valence-corrected chi connectivity index (χ4v) is 6.44. The third-order valence-corrected chi connectivity index (χ3v) is 7.61. The van der Waals surface area contributed by atoms with Crippen molar-refractivity contribution < 1.29 is 22.0 Å². The number of hydrogen-bond acceptors (Lipinski definition) is 5. The third-order valence-electron chi connectivity index (χ3n) is 3.32. The van der Waals surface area contributed by atoms with E-state index < -0.39 is 17.6 Å². The Labute approximate surface area is 145 Å². The van der Waals surface area contributed by atoms with Gasteiger partial charge in [0.1, 0.15) is 0 Å². The predicted octanol–water partition coefficient (Wildman–Crippen LogP) is 3.39. The number of hydrogen-bond donors (Lipinski definition) is 0. The maximum absolute atomic E-state index is 13.1. The molecule has 6 nitrogen and oxygen atoms in total. The SMILES string of the molecule is CCCN(CCC)S(=O)(=O)c1ccccc1P(=O)(OCC)OCC. The molecule has 1 rings (SSSR count). The number of sulfonamides is 1. The van der Waals surface area contributed by atoms with E-state index in [0.29, 0.717) is 25.9 Å². The number of nitrogens with zero attached hydrogens (tertiary/aromatic N) is 1. The van der Waals surface area contributed by atoms with Crippen molar-refractivity contribution in [1.29, 1.82) is 0 Å². The van der Waals surface area contributed by atoms with Crippen molar-refractivity contribution in [2.24, 2.45) is 0 Å². The zero-order chi connectivity index (χ0) is 18.2. The van der Waals surface area contributed by atoms with Gasteiger partial charge in [0.15, 0.2) is 0 Å². The minimum absolute atomic E-state index is 0.00265. The zero-order valence-corrected chi connectivity index (χ0v) is 16.6. The Morgan fingerprint density at radius 1 is 0.958 bits per heavy atom. The summed E-state index contributed by atoms with van der Waals surface area (Å²) in [6, 6.07) is 6.24. The average molecular weight is 377 g/mol. The van der Waals surface area contributed by atoms with Crippen molar-refractivity contribution in [3.8, 4) is 0 Å². The van der Waals surface area contributed by atoms with Crippen LogP contribution < -0.4 is 5.30 Å². The molecule has 0 aliphatic rings. The number of benzene rings is 1. The Morgan fingerprint density at radius 2 is 1.46 bits per heavy atom. The normalized spacial score (nSPS) is 12.7. The van der Waals surface area contributed by atoms with Gasteiger partial charge in [0.2, 0.25) is 10.0 Å². The maximum atomic E-state index is 13.1. The predicted molar refractivity (Wildman–Crippen MR) is 96.3 cm³/mol. The number of rotatable bonds is 11. The third kappa shape index (κ3) is 4.90. The molecule has 0 saturated heterocycles. The van der Waals surface area contributed by atoms with Crippen molar-refractivity contribution in [3.05, 3.63) is 24.3 Å². The Kier molecular flexibility index (Phi) is 8.60. The molecule has 8 heteroatoms. The van der Waals surface area contributed by atoms with Crippen LogP contribution in [0.25, 0.3) is 0 Å². The quantitative estimate of drug-likeness (QED) is 0.553. The van der Waals surface area contributed by atoms with Crippen molar-refractivity contribution in [3.63, 3.8) is 0 Å². The summed E-state index contributed by atoms with van der Waals surface area (Å²) in [7, 11) is -7.46. The Hall–Kier alpha value is -0.720. The second-order valence-corrected chi connectivity index (χ2v) is 9.10. The van der Waals surface area contributed by atoms with E-state index in [2.05, 4.69) is 0 Å². The summed E-state index contributed by atoms with van der Waals surface area (Å²) >= 11 is 0.